The highest BCUT2D eigenvalue weighted by atomic mass is 32.1. The van der Waals surface area contributed by atoms with E-state index < -0.39 is 0 Å². The molecule has 0 radical (unpaired) electrons. The van der Waals surface area contributed by atoms with Gasteiger partial charge in [0.05, 0.1) is 18.0 Å². The van der Waals surface area contributed by atoms with Crippen LogP contribution in [0.3, 0.4) is 0 Å². The molecule has 3 N–H and O–H groups in total. The molecule has 0 spiro atoms. The van der Waals surface area contributed by atoms with E-state index in [-0.39, 0.29) is 0 Å². The number of ether oxygens (including phenoxy) is 1. The lowest BCUT2D eigenvalue weighted by atomic mass is 10.0. The molecule has 0 unspecified atom stereocenters. The average Bonchev–Trinajstić information content (AvgIpc) is 3.23. The van der Waals surface area contributed by atoms with Gasteiger partial charge in [-0.2, -0.15) is 4.98 Å². The predicted octanol–water partition coefficient (Wildman–Crippen LogP) is 1.93. The monoisotopic (exact) mass is 330 g/mol. The van der Waals surface area contributed by atoms with Gasteiger partial charge in [0.15, 0.2) is 4.96 Å². The minimum absolute atomic E-state index is 0.305. The van der Waals surface area contributed by atoms with Crippen molar-refractivity contribution >= 4 is 28.1 Å². The number of fused-ring (bicyclic) bond motifs is 1. The first-order valence-corrected chi connectivity index (χ1v) is 8.53. The van der Waals surface area contributed by atoms with Crippen molar-refractivity contribution in [3.8, 4) is 0 Å². The second-order valence-corrected chi connectivity index (χ2v) is 6.47. The van der Waals surface area contributed by atoms with Gasteiger partial charge in [0.1, 0.15) is 5.82 Å². The van der Waals surface area contributed by atoms with E-state index in [4.69, 9.17) is 10.5 Å². The Morgan fingerprint density at radius 2 is 2.35 bits per heavy atom. The third-order valence-corrected chi connectivity index (χ3v) is 4.71. The van der Waals surface area contributed by atoms with Crippen LogP contribution in [-0.4, -0.2) is 39.1 Å². The predicted molar refractivity (Wildman–Crippen MR) is 89.9 cm³/mol. The Kier molecular flexibility index (Phi) is 3.84. The lowest BCUT2D eigenvalue weighted by molar-refractivity contribution is 0.193. The van der Waals surface area contributed by atoms with E-state index in [9.17, 15) is 0 Å². The molecule has 7 nitrogen and oxygen atoms in total. The van der Waals surface area contributed by atoms with E-state index in [1.165, 1.54) is 0 Å². The summed E-state index contributed by atoms with van der Waals surface area (Å²) in [7, 11) is 0. The number of nitrogens with two attached hydrogens (primary N) is 1. The molecule has 1 fully saturated rings. The number of anilines is 2. The van der Waals surface area contributed by atoms with Gasteiger partial charge >= 0.3 is 0 Å². The number of nitrogen functional groups attached to an aromatic ring is 1. The first-order chi connectivity index (χ1) is 11.3. The van der Waals surface area contributed by atoms with E-state index >= 15 is 0 Å². The highest BCUT2D eigenvalue weighted by molar-refractivity contribution is 7.15. The third kappa shape index (κ3) is 3.13. The first-order valence-electron chi connectivity index (χ1n) is 7.65. The van der Waals surface area contributed by atoms with Crippen LogP contribution in [0.25, 0.3) is 4.96 Å². The molecule has 0 bridgehead atoms. The molecule has 0 aliphatic carbocycles. The second-order valence-electron chi connectivity index (χ2n) is 5.60. The summed E-state index contributed by atoms with van der Waals surface area (Å²) in [4.78, 5) is 14.2. The van der Waals surface area contributed by atoms with E-state index in [2.05, 4.69) is 26.5 Å². The van der Waals surface area contributed by atoms with Gasteiger partial charge < -0.3 is 15.8 Å². The summed E-state index contributed by atoms with van der Waals surface area (Å²) in [6.45, 7) is 2.25. The summed E-state index contributed by atoms with van der Waals surface area (Å²) < 4.78 is 7.46. The molecule has 1 atom stereocenters. The van der Waals surface area contributed by atoms with Gasteiger partial charge in [-0.15, -0.1) is 11.3 Å². The van der Waals surface area contributed by atoms with Crippen molar-refractivity contribution in [2.45, 2.75) is 18.8 Å². The summed E-state index contributed by atoms with van der Waals surface area (Å²) in [5.41, 5.74) is 7.85. The average molecular weight is 330 g/mol. The van der Waals surface area contributed by atoms with E-state index in [1.54, 1.807) is 11.3 Å². The van der Waals surface area contributed by atoms with Gasteiger partial charge in [0.25, 0.3) is 0 Å². The van der Waals surface area contributed by atoms with Crippen LogP contribution < -0.4 is 11.1 Å². The van der Waals surface area contributed by atoms with Crippen molar-refractivity contribution in [1.29, 1.82) is 0 Å². The number of hydrogen-bond acceptors (Lipinski definition) is 7. The van der Waals surface area contributed by atoms with Crippen LogP contribution in [-0.2, 0) is 11.2 Å². The van der Waals surface area contributed by atoms with Crippen molar-refractivity contribution in [1.82, 2.24) is 19.4 Å². The Morgan fingerprint density at radius 1 is 1.39 bits per heavy atom. The Balaban J connectivity index is 1.40. The quantitative estimate of drug-likeness (QED) is 0.743. The fourth-order valence-electron chi connectivity index (χ4n) is 2.77. The zero-order valence-electron chi connectivity index (χ0n) is 12.6. The fraction of sp³-hybridized carbons (Fsp3) is 0.400. The van der Waals surface area contributed by atoms with Crippen molar-refractivity contribution in [2.24, 2.45) is 0 Å². The van der Waals surface area contributed by atoms with Crippen LogP contribution in [0.15, 0.2) is 23.8 Å². The van der Waals surface area contributed by atoms with Gasteiger partial charge in [-0.1, -0.05) is 0 Å². The summed E-state index contributed by atoms with van der Waals surface area (Å²) in [6.07, 6.45) is 5.90. The van der Waals surface area contributed by atoms with Crippen LogP contribution in [0.5, 0.6) is 0 Å². The minimum Gasteiger partial charge on any atom is -0.381 e. The maximum Gasteiger partial charge on any atom is 0.222 e. The SMILES string of the molecule is Nc1nc(NCCc2cn3ccsc3n2)cc([C@@H]2CCOC2)n1. The molecular weight excluding hydrogens is 312 g/mol. The van der Waals surface area contributed by atoms with Gasteiger partial charge in [-0.25, -0.2) is 9.97 Å². The van der Waals surface area contributed by atoms with Gasteiger partial charge in [0.2, 0.25) is 5.95 Å². The number of hydrogen-bond donors (Lipinski definition) is 2. The van der Waals surface area contributed by atoms with Crippen molar-refractivity contribution in [3.05, 3.63) is 35.2 Å². The number of imidazole rings is 1. The van der Waals surface area contributed by atoms with Gasteiger partial charge in [-0.3, -0.25) is 4.40 Å². The largest absolute Gasteiger partial charge is 0.381 e. The summed E-state index contributed by atoms with van der Waals surface area (Å²) in [6, 6.07) is 1.97. The highest BCUT2D eigenvalue weighted by Crippen LogP contribution is 2.25. The lowest BCUT2D eigenvalue weighted by Crippen LogP contribution is -2.11. The maximum absolute atomic E-state index is 5.83. The molecule has 0 saturated carbocycles. The van der Waals surface area contributed by atoms with Crippen molar-refractivity contribution in [2.75, 3.05) is 30.8 Å². The lowest BCUT2D eigenvalue weighted by Gasteiger charge is -2.11. The molecule has 1 aliphatic heterocycles. The number of nitrogens with one attached hydrogen (secondary N) is 1. The Bertz CT molecular complexity index is 779. The summed E-state index contributed by atoms with van der Waals surface area (Å²) in [5, 5.41) is 5.35. The first kappa shape index (κ1) is 14.4. The molecule has 1 saturated heterocycles. The topological polar surface area (TPSA) is 90.4 Å². The van der Waals surface area contributed by atoms with Crippen LogP contribution in [0.4, 0.5) is 11.8 Å². The van der Waals surface area contributed by atoms with Crippen LogP contribution in [0.2, 0.25) is 0 Å². The molecule has 3 aromatic heterocycles. The maximum atomic E-state index is 5.83. The Labute approximate surface area is 137 Å². The Morgan fingerprint density at radius 3 is 3.17 bits per heavy atom. The minimum atomic E-state index is 0.305. The highest BCUT2D eigenvalue weighted by Gasteiger charge is 2.20. The molecule has 1 aliphatic rings. The van der Waals surface area contributed by atoms with Crippen molar-refractivity contribution < 1.29 is 4.74 Å². The summed E-state index contributed by atoms with van der Waals surface area (Å²) >= 11 is 1.64. The van der Waals surface area contributed by atoms with Gasteiger partial charge in [-0.05, 0) is 6.42 Å². The molecule has 3 aromatic rings. The molecule has 23 heavy (non-hydrogen) atoms. The summed E-state index contributed by atoms with van der Waals surface area (Å²) in [5.74, 6) is 1.39. The number of nitrogens with zero attached hydrogens (tertiary/aromatic N) is 4. The normalized spacial score (nSPS) is 17.8. The standard InChI is InChI=1S/C15H18N6OS/c16-14-19-12(10-2-5-22-9-10)7-13(20-14)17-3-1-11-8-21-4-6-23-15(21)18-11/h4,6-8,10H,1-3,5,9H2,(H3,16,17,19,20)/t10-/m1/s1. The van der Waals surface area contributed by atoms with Crippen LogP contribution in [0, 0.1) is 0 Å². The smallest absolute Gasteiger partial charge is 0.222 e. The van der Waals surface area contributed by atoms with Gasteiger partial charge in [0, 0.05) is 49.3 Å². The van der Waals surface area contributed by atoms with E-state index in [1.807, 2.05) is 22.0 Å². The number of thiazole rings is 1. The second kappa shape index (κ2) is 6.13. The van der Waals surface area contributed by atoms with Crippen LogP contribution in [0.1, 0.15) is 23.7 Å². The third-order valence-electron chi connectivity index (χ3n) is 3.94. The molecule has 4 heterocycles. The molecule has 0 aromatic carbocycles. The fourth-order valence-corrected chi connectivity index (χ4v) is 3.49. The molecule has 0 amide bonds. The number of rotatable bonds is 5. The molecule has 8 heteroatoms. The van der Waals surface area contributed by atoms with E-state index in [0.29, 0.717) is 18.5 Å². The number of aromatic nitrogens is 4. The van der Waals surface area contributed by atoms with E-state index in [0.717, 1.165) is 48.2 Å². The zero-order valence-corrected chi connectivity index (χ0v) is 13.4. The van der Waals surface area contributed by atoms with Crippen molar-refractivity contribution in [3.63, 3.8) is 0 Å². The zero-order chi connectivity index (χ0) is 15.6. The van der Waals surface area contributed by atoms with Crippen LogP contribution >= 0.6 is 11.3 Å². The molecule has 120 valence electrons. The Hall–Kier alpha value is -2.19. The molecular formula is C15H18N6OS. The molecule has 4 rings (SSSR count).